The highest BCUT2D eigenvalue weighted by Gasteiger charge is 2.30. The minimum absolute atomic E-state index is 0. The molecule has 0 aliphatic rings. The van der Waals surface area contributed by atoms with Gasteiger partial charge in [-0.1, -0.05) is 25.9 Å². The van der Waals surface area contributed by atoms with Crippen molar-refractivity contribution in [2.24, 2.45) is 4.99 Å². The Balaban J connectivity index is 0.00000900. The van der Waals surface area contributed by atoms with Crippen molar-refractivity contribution >= 4 is 36.0 Å². The maximum atomic E-state index is 12.3. The second-order valence-electron chi connectivity index (χ2n) is 8.83. The number of guanidine groups is 1. The third-order valence-corrected chi connectivity index (χ3v) is 5.16. The summed E-state index contributed by atoms with van der Waals surface area (Å²) in [6, 6.07) is 0. The molecule has 31 heavy (non-hydrogen) atoms. The molecule has 0 saturated heterocycles. The quantitative estimate of drug-likeness (QED) is 0.235. The normalized spacial score (nSPS) is 13.3. The predicted molar refractivity (Wildman–Crippen MR) is 136 cm³/mol. The van der Waals surface area contributed by atoms with E-state index < -0.39 is 17.2 Å². The number of rotatable bonds is 9. The van der Waals surface area contributed by atoms with E-state index in [4.69, 9.17) is 14.3 Å². The summed E-state index contributed by atoms with van der Waals surface area (Å²) < 4.78 is 10.7. The van der Waals surface area contributed by atoms with Gasteiger partial charge in [-0.15, -0.1) is 24.0 Å². The van der Waals surface area contributed by atoms with Crippen LogP contribution in [0.15, 0.2) is 9.52 Å². The van der Waals surface area contributed by atoms with Gasteiger partial charge in [0, 0.05) is 24.6 Å². The van der Waals surface area contributed by atoms with Crippen molar-refractivity contribution in [3.05, 3.63) is 17.0 Å². The molecular weight excluding hydrogens is 509 g/mol. The number of amides is 1. The van der Waals surface area contributed by atoms with Crippen LogP contribution in [0, 0.1) is 13.8 Å². The molecule has 0 spiro atoms. The van der Waals surface area contributed by atoms with E-state index in [9.17, 15) is 4.79 Å². The first-order valence-corrected chi connectivity index (χ1v) is 10.9. The van der Waals surface area contributed by atoms with E-state index in [1.54, 1.807) is 0 Å². The van der Waals surface area contributed by atoms with E-state index in [-0.39, 0.29) is 29.9 Å². The Morgan fingerprint density at radius 3 is 2.23 bits per heavy atom. The van der Waals surface area contributed by atoms with Crippen LogP contribution in [-0.2, 0) is 4.74 Å². The van der Waals surface area contributed by atoms with Crippen LogP contribution in [0.25, 0.3) is 0 Å². The molecule has 0 radical (unpaired) electrons. The largest absolute Gasteiger partial charge is 0.444 e. The van der Waals surface area contributed by atoms with Crippen LogP contribution in [0.2, 0.25) is 0 Å². The maximum Gasteiger partial charge on any atom is 0.408 e. The van der Waals surface area contributed by atoms with Gasteiger partial charge in [0.15, 0.2) is 5.96 Å². The Labute approximate surface area is 204 Å². The zero-order valence-electron chi connectivity index (χ0n) is 20.6. The predicted octanol–water partition coefficient (Wildman–Crippen LogP) is 4.65. The summed E-state index contributed by atoms with van der Waals surface area (Å²) in [7, 11) is 0. The number of hydrogen-bond acceptors (Lipinski definition) is 5. The van der Waals surface area contributed by atoms with Gasteiger partial charge < -0.3 is 25.2 Å². The summed E-state index contributed by atoms with van der Waals surface area (Å²) in [6.45, 7) is 19.6. The number of ether oxygens (including phenoxy) is 1. The highest BCUT2D eigenvalue weighted by molar-refractivity contribution is 14.0. The molecule has 0 aliphatic heterocycles. The molecule has 0 aliphatic carbocycles. The minimum atomic E-state index is -0.536. The van der Waals surface area contributed by atoms with Crippen LogP contribution in [0.1, 0.15) is 84.2 Å². The third kappa shape index (κ3) is 9.65. The van der Waals surface area contributed by atoms with Crippen molar-refractivity contribution in [1.82, 2.24) is 21.1 Å². The molecule has 1 aromatic rings. The van der Waals surface area contributed by atoms with E-state index in [1.807, 2.05) is 41.5 Å². The molecule has 0 saturated carbocycles. The third-order valence-electron chi connectivity index (χ3n) is 5.16. The molecular formula is C22H42IN5O3. The van der Waals surface area contributed by atoms with Crippen LogP contribution in [0.4, 0.5) is 4.79 Å². The maximum absolute atomic E-state index is 12.3. The monoisotopic (exact) mass is 551 g/mol. The summed E-state index contributed by atoms with van der Waals surface area (Å²) in [4.78, 5) is 17.1. The first-order valence-electron chi connectivity index (χ1n) is 10.9. The Morgan fingerprint density at radius 1 is 1.16 bits per heavy atom. The zero-order chi connectivity index (χ0) is 22.9. The van der Waals surface area contributed by atoms with E-state index in [0.29, 0.717) is 19.0 Å². The van der Waals surface area contributed by atoms with Gasteiger partial charge in [-0.05, 0) is 54.4 Å². The van der Waals surface area contributed by atoms with Crippen LogP contribution in [-0.4, -0.2) is 48.0 Å². The van der Waals surface area contributed by atoms with Crippen molar-refractivity contribution in [3.8, 4) is 0 Å². The molecule has 1 amide bonds. The lowest BCUT2D eigenvalue weighted by Crippen LogP contribution is -2.52. The number of aliphatic imine (C=N–C) groups is 1. The average molecular weight is 552 g/mol. The number of carbonyl (C=O) groups is 1. The van der Waals surface area contributed by atoms with Crippen molar-refractivity contribution in [3.63, 3.8) is 0 Å². The number of aromatic nitrogens is 1. The van der Waals surface area contributed by atoms with Gasteiger partial charge in [-0.3, -0.25) is 4.99 Å². The molecule has 1 aromatic heterocycles. The smallest absolute Gasteiger partial charge is 0.408 e. The first kappa shape index (κ1) is 29.5. The van der Waals surface area contributed by atoms with E-state index >= 15 is 0 Å². The van der Waals surface area contributed by atoms with E-state index in [0.717, 1.165) is 36.4 Å². The van der Waals surface area contributed by atoms with Crippen LogP contribution >= 0.6 is 24.0 Å². The molecule has 0 bridgehead atoms. The molecule has 1 unspecified atom stereocenters. The Morgan fingerprint density at radius 2 is 1.77 bits per heavy atom. The summed E-state index contributed by atoms with van der Waals surface area (Å²) in [6.07, 6.45) is 1.09. The van der Waals surface area contributed by atoms with Crippen molar-refractivity contribution < 1.29 is 14.1 Å². The summed E-state index contributed by atoms with van der Waals surface area (Å²) in [5, 5.41) is 13.8. The highest BCUT2D eigenvalue weighted by atomic mass is 127. The van der Waals surface area contributed by atoms with Crippen LogP contribution in [0.3, 0.4) is 0 Å². The fourth-order valence-corrected chi connectivity index (χ4v) is 3.33. The molecule has 0 aromatic carbocycles. The Kier molecular flexibility index (Phi) is 12.5. The zero-order valence-corrected chi connectivity index (χ0v) is 23.0. The Bertz CT molecular complexity index is 689. The number of nitrogens with one attached hydrogen (secondary N) is 3. The van der Waals surface area contributed by atoms with Crippen LogP contribution < -0.4 is 16.0 Å². The summed E-state index contributed by atoms with van der Waals surface area (Å²) in [5.74, 6) is 1.79. The topological polar surface area (TPSA) is 101 Å². The number of aryl methyl sites for hydroxylation is 2. The van der Waals surface area contributed by atoms with Crippen molar-refractivity contribution in [1.29, 1.82) is 0 Å². The fourth-order valence-electron chi connectivity index (χ4n) is 3.33. The lowest BCUT2D eigenvalue weighted by molar-refractivity contribution is 0.0452. The van der Waals surface area contributed by atoms with Gasteiger partial charge in [0.2, 0.25) is 0 Å². The van der Waals surface area contributed by atoms with Crippen LogP contribution in [0.5, 0.6) is 0 Å². The molecule has 1 heterocycles. The van der Waals surface area contributed by atoms with Crippen molar-refractivity contribution in [2.45, 2.75) is 92.2 Å². The molecule has 0 fully saturated rings. The van der Waals surface area contributed by atoms with Gasteiger partial charge in [0.05, 0.1) is 17.8 Å². The molecule has 1 rings (SSSR count). The second-order valence-corrected chi connectivity index (χ2v) is 8.83. The highest BCUT2D eigenvalue weighted by Crippen LogP contribution is 2.22. The number of halogens is 1. The average Bonchev–Trinajstić information content (AvgIpc) is 2.99. The SMILES string of the molecule is CCNC(=NCC(CC)(CC)NC(=O)OC(C)(C)C)NCC(C)c1c(C)noc1C.I. The van der Waals surface area contributed by atoms with Gasteiger partial charge >= 0.3 is 6.09 Å². The summed E-state index contributed by atoms with van der Waals surface area (Å²) >= 11 is 0. The lowest BCUT2D eigenvalue weighted by Gasteiger charge is -2.32. The standard InChI is InChI=1S/C22H41N5O3.HI/c1-10-22(11-2,26-20(28)29-21(7,8)9)14-25-19(23-12-3)24-13-15(4)18-16(5)27-30-17(18)6;/h15H,10-14H2,1-9H3,(H,26,28)(H2,23,24,25);1H. The minimum Gasteiger partial charge on any atom is -0.444 e. The van der Waals surface area contributed by atoms with E-state index in [1.165, 1.54) is 0 Å². The van der Waals surface area contributed by atoms with Gasteiger partial charge in [0.1, 0.15) is 11.4 Å². The molecule has 8 nitrogen and oxygen atoms in total. The van der Waals surface area contributed by atoms with E-state index in [2.05, 4.69) is 41.9 Å². The van der Waals surface area contributed by atoms with Gasteiger partial charge in [-0.25, -0.2) is 4.79 Å². The second kappa shape index (κ2) is 13.1. The molecule has 9 heteroatoms. The number of nitrogens with zero attached hydrogens (tertiary/aromatic N) is 2. The summed E-state index contributed by atoms with van der Waals surface area (Å²) in [5.41, 5.74) is 1.05. The molecule has 180 valence electrons. The molecule has 1 atom stereocenters. The lowest BCUT2D eigenvalue weighted by atomic mass is 9.93. The number of alkyl carbamates (subject to hydrolysis) is 1. The molecule has 3 N–H and O–H groups in total. The Hall–Kier alpha value is -1.52. The fraction of sp³-hybridized carbons (Fsp3) is 0.773. The van der Waals surface area contributed by atoms with Gasteiger partial charge in [-0.2, -0.15) is 0 Å². The first-order chi connectivity index (χ1) is 14.0. The number of carbonyl (C=O) groups excluding carboxylic acids is 1. The van der Waals surface area contributed by atoms with Gasteiger partial charge in [0.25, 0.3) is 0 Å². The number of hydrogen-bond donors (Lipinski definition) is 3. The van der Waals surface area contributed by atoms with Crippen molar-refractivity contribution in [2.75, 3.05) is 19.6 Å².